The predicted octanol–water partition coefficient (Wildman–Crippen LogP) is 0.116. The maximum Gasteiger partial charge on any atom is 0.257 e. The third-order valence-corrected chi connectivity index (χ3v) is 2.35. The molecule has 84 valence electrons. The van der Waals surface area contributed by atoms with Crippen molar-refractivity contribution in [2.45, 2.75) is 13.8 Å². The Labute approximate surface area is 89.5 Å². The van der Waals surface area contributed by atoms with Crippen molar-refractivity contribution >= 4 is 5.91 Å². The van der Waals surface area contributed by atoms with E-state index in [1.54, 1.807) is 17.2 Å². The summed E-state index contributed by atoms with van der Waals surface area (Å²) >= 11 is 0. The van der Waals surface area contributed by atoms with E-state index >= 15 is 0 Å². The molecule has 0 fully saturated rings. The fourth-order valence-electron chi connectivity index (χ4n) is 1.46. The van der Waals surface area contributed by atoms with Crippen molar-refractivity contribution in [3.8, 4) is 0 Å². The number of hydrogen-bond donors (Lipinski definition) is 2. The Morgan fingerprint density at radius 1 is 1.60 bits per heavy atom. The minimum absolute atomic E-state index is 0.0433. The minimum Gasteiger partial charge on any atom is -0.413 e. The number of rotatable bonds is 4. The Morgan fingerprint density at radius 3 is 2.80 bits per heavy atom. The Kier molecular flexibility index (Phi) is 4.17. The van der Waals surface area contributed by atoms with Gasteiger partial charge in [-0.15, -0.1) is 0 Å². The first-order chi connectivity index (χ1) is 7.24. The maximum absolute atomic E-state index is 12.0. The summed E-state index contributed by atoms with van der Waals surface area (Å²) < 4.78 is 0. The number of nitrogens with zero attached hydrogens (tertiary/aromatic N) is 1. The van der Waals surface area contributed by atoms with Crippen LogP contribution < -0.4 is 11.2 Å². The Balaban J connectivity index is 2.89. The lowest BCUT2D eigenvalue weighted by molar-refractivity contribution is -0.126. The van der Waals surface area contributed by atoms with Crippen molar-refractivity contribution in [1.29, 1.82) is 0 Å². The number of dihydropyridines is 1. The summed E-state index contributed by atoms with van der Waals surface area (Å²) in [6, 6.07) is 0. The molecule has 0 aromatic carbocycles. The van der Waals surface area contributed by atoms with E-state index in [1.807, 2.05) is 13.8 Å². The predicted molar refractivity (Wildman–Crippen MR) is 57.4 cm³/mol. The molecule has 1 rings (SSSR count). The zero-order chi connectivity index (χ0) is 11.3. The molecule has 1 aliphatic rings. The van der Waals surface area contributed by atoms with E-state index in [9.17, 15) is 4.79 Å². The van der Waals surface area contributed by atoms with Crippen LogP contribution in [-0.2, 0) is 9.63 Å². The summed E-state index contributed by atoms with van der Waals surface area (Å²) in [5.41, 5.74) is 0.528. The van der Waals surface area contributed by atoms with Gasteiger partial charge in [-0.1, -0.05) is 0 Å². The van der Waals surface area contributed by atoms with Gasteiger partial charge in [-0.2, -0.15) is 5.90 Å². The van der Waals surface area contributed by atoms with Gasteiger partial charge in [-0.3, -0.25) is 4.79 Å². The molecule has 0 radical (unpaired) electrons. The molecule has 0 bridgehead atoms. The first-order valence-corrected chi connectivity index (χ1v) is 5.03. The Bertz CT molecular complexity index is 293. The van der Waals surface area contributed by atoms with Crippen LogP contribution in [0.3, 0.4) is 0 Å². The van der Waals surface area contributed by atoms with Crippen LogP contribution in [0, 0.1) is 0 Å². The highest BCUT2D eigenvalue weighted by molar-refractivity contribution is 5.96. The van der Waals surface area contributed by atoms with E-state index in [1.165, 1.54) is 0 Å². The molecule has 0 unspecified atom stereocenters. The summed E-state index contributed by atoms with van der Waals surface area (Å²) in [5.74, 6) is 5.55. The van der Waals surface area contributed by atoms with Crippen LogP contribution in [0.1, 0.15) is 13.8 Å². The Hall–Kier alpha value is -1.49. The van der Waals surface area contributed by atoms with Gasteiger partial charge in [0, 0.05) is 13.1 Å². The normalized spacial score (nSPS) is 14.9. The number of nitrogens with one attached hydrogen (secondary N) is 1. The van der Waals surface area contributed by atoms with Gasteiger partial charge < -0.3 is 15.1 Å². The molecule has 3 N–H and O–H groups in total. The van der Waals surface area contributed by atoms with Gasteiger partial charge in [0.2, 0.25) is 0 Å². The van der Waals surface area contributed by atoms with Gasteiger partial charge in [0.15, 0.2) is 5.76 Å². The summed E-state index contributed by atoms with van der Waals surface area (Å²) in [4.78, 5) is 18.4. The standard InChI is InChI=1S/C10H17N3O2/c1-3-13(4-2)10(14)8-5-6-12-7-9(8)15-11/h5-6,12H,3-4,7,11H2,1-2H3. The molecule has 1 heterocycles. The fourth-order valence-corrected chi connectivity index (χ4v) is 1.46. The van der Waals surface area contributed by atoms with Crippen molar-refractivity contribution in [3.63, 3.8) is 0 Å². The molecule has 0 atom stereocenters. The highest BCUT2D eigenvalue weighted by Crippen LogP contribution is 2.12. The maximum atomic E-state index is 12.0. The van der Waals surface area contributed by atoms with Crippen LogP contribution in [0.5, 0.6) is 0 Å². The monoisotopic (exact) mass is 211 g/mol. The topological polar surface area (TPSA) is 67.6 Å². The van der Waals surface area contributed by atoms with E-state index in [-0.39, 0.29) is 5.91 Å². The van der Waals surface area contributed by atoms with Crippen LogP contribution in [-0.4, -0.2) is 30.4 Å². The second-order valence-electron chi connectivity index (χ2n) is 3.15. The molecule has 1 aliphatic heterocycles. The molecule has 0 spiro atoms. The Morgan fingerprint density at radius 2 is 2.27 bits per heavy atom. The summed E-state index contributed by atoms with van der Waals surface area (Å²) in [5, 5.41) is 2.93. The molecule has 0 saturated carbocycles. The quantitative estimate of drug-likeness (QED) is 0.648. The molecular weight excluding hydrogens is 194 g/mol. The average Bonchev–Trinajstić information content (AvgIpc) is 2.30. The molecule has 5 heteroatoms. The van der Waals surface area contributed by atoms with Crippen LogP contribution in [0.2, 0.25) is 0 Å². The van der Waals surface area contributed by atoms with Gasteiger partial charge in [-0.25, -0.2) is 0 Å². The largest absolute Gasteiger partial charge is 0.413 e. The molecule has 0 aromatic rings. The molecule has 0 aliphatic carbocycles. The van der Waals surface area contributed by atoms with Crippen molar-refractivity contribution in [3.05, 3.63) is 23.6 Å². The third-order valence-electron chi connectivity index (χ3n) is 2.35. The van der Waals surface area contributed by atoms with E-state index < -0.39 is 0 Å². The van der Waals surface area contributed by atoms with Crippen molar-refractivity contribution in [2.75, 3.05) is 19.6 Å². The van der Waals surface area contributed by atoms with Gasteiger partial charge in [0.1, 0.15) is 0 Å². The first-order valence-electron chi connectivity index (χ1n) is 5.03. The zero-order valence-electron chi connectivity index (χ0n) is 9.12. The van der Waals surface area contributed by atoms with Crippen molar-refractivity contribution in [2.24, 2.45) is 5.90 Å². The molecule has 0 aromatic heterocycles. The van der Waals surface area contributed by atoms with Crippen molar-refractivity contribution in [1.82, 2.24) is 10.2 Å². The van der Waals surface area contributed by atoms with E-state index in [0.29, 0.717) is 31.0 Å². The number of nitrogens with two attached hydrogens (primary N) is 1. The highest BCUT2D eigenvalue weighted by Gasteiger charge is 2.20. The van der Waals surface area contributed by atoms with E-state index in [4.69, 9.17) is 5.90 Å². The molecule has 5 nitrogen and oxygen atoms in total. The lowest BCUT2D eigenvalue weighted by Crippen LogP contribution is -2.34. The fraction of sp³-hybridized carbons (Fsp3) is 0.500. The van der Waals surface area contributed by atoms with Crippen LogP contribution in [0.25, 0.3) is 0 Å². The average molecular weight is 211 g/mol. The molecule has 1 amide bonds. The van der Waals surface area contributed by atoms with Gasteiger partial charge in [0.05, 0.1) is 12.1 Å². The lowest BCUT2D eigenvalue weighted by Gasteiger charge is -2.22. The van der Waals surface area contributed by atoms with Crippen LogP contribution in [0.15, 0.2) is 23.6 Å². The van der Waals surface area contributed by atoms with Crippen LogP contribution in [0.4, 0.5) is 0 Å². The SMILES string of the molecule is CCN(CC)C(=O)C1=C(ON)CNC=C1. The van der Waals surface area contributed by atoms with Crippen molar-refractivity contribution < 1.29 is 9.63 Å². The lowest BCUT2D eigenvalue weighted by atomic mass is 10.1. The smallest absolute Gasteiger partial charge is 0.257 e. The van der Waals surface area contributed by atoms with Crippen LogP contribution >= 0.6 is 0 Å². The molecule has 15 heavy (non-hydrogen) atoms. The van der Waals surface area contributed by atoms with E-state index in [2.05, 4.69) is 10.2 Å². The number of likely N-dealkylation sites (N-methyl/N-ethyl adjacent to an activating group) is 1. The first kappa shape index (κ1) is 11.6. The number of carbonyl (C=O) groups is 1. The summed E-state index contributed by atoms with van der Waals surface area (Å²) in [7, 11) is 0. The van der Waals surface area contributed by atoms with Gasteiger partial charge in [-0.05, 0) is 26.1 Å². The van der Waals surface area contributed by atoms with Gasteiger partial charge in [0.25, 0.3) is 5.91 Å². The summed E-state index contributed by atoms with van der Waals surface area (Å²) in [6.45, 7) is 5.69. The zero-order valence-corrected chi connectivity index (χ0v) is 9.12. The number of hydrogen-bond acceptors (Lipinski definition) is 4. The number of carbonyl (C=O) groups excluding carboxylic acids is 1. The minimum atomic E-state index is -0.0433. The summed E-state index contributed by atoms with van der Waals surface area (Å²) in [6.07, 6.45) is 3.41. The second kappa shape index (κ2) is 5.41. The number of amides is 1. The third kappa shape index (κ3) is 2.50. The highest BCUT2D eigenvalue weighted by atomic mass is 16.6. The molecular formula is C10H17N3O2. The second-order valence-corrected chi connectivity index (χ2v) is 3.15. The van der Waals surface area contributed by atoms with Gasteiger partial charge >= 0.3 is 0 Å². The van der Waals surface area contributed by atoms with E-state index in [0.717, 1.165) is 0 Å². The molecule has 0 saturated heterocycles.